The van der Waals surface area contributed by atoms with E-state index in [-0.39, 0.29) is 11.3 Å². The van der Waals surface area contributed by atoms with Crippen molar-refractivity contribution in [3.63, 3.8) is 0 Å². The predicted molar refractivity (Wildman–Crippen MR) is 94.9 cm³/mol. The van der Waals surface area contributed by atoms with Crippen LogP contribution in [-0.4, -0.2) is 48.2 Å². The number of hydrogen-bond acceptors (Lipinski definition) is 4. The Bertz CT molecular complexity index is 714. The molecule has 1 aromatic rings. The van der Waals surface area contributed by atoms with Gasteiger partial charge in [-0.2, -0.15) is 0 Å². The molecule has 2 fully saturated rings. The third-order valence-corrected chi connectivity index (χ3v) is 6.39. The third-order valence-electron chi connectivity index (χ3n) is 6.39. The molecular formula is C20H26N2O4. The second-order valence-corrected chi connectivity index (χ2v) is 7.94. The predicted octanol–water partition coefficient (Wildman–Crippen LogP) is 1.94. The molecule has 0 aromatic heterocycles. The normalized spacial score (nSPS) is 26.2. The minimum atomic E-state index is -0.508. The first-order valence-electron chi connectivity index (χ1n) is 9.55. The summed E-state index contributed by atoms with van der Waals surface area (Å²) in [6.45, 7) is 3.30. The van der Waals surface area contributed by atoms with Gasteiger partial charge in [0, 0.05) is 31.9 Å². The average molecular weight is 358 g/mol. The van der Waals surface area contributed by atoms with Crippen molar-refractivity contribution in [2.75, 3.05) is 26.3 Å². The molecule has 1 atom stereocenters. The molecule has 3 aliphatic rings. The quantitative estimate of drug-likeness (QED) is 0.639. The van der Waals surface area contributed by atoms with Gasteiger partial charge in [-0.3, -0.25) is 14.8 Å². The van der Waals surface area contributed by atoms with Gasteiger partial charge in [-0.1, -0.05) is 6.07 Å². The number of carbonyl (C=O) groups is 2. The zero-order valence-corrected chi connectivity index (χ0v) is 15.0. The van der Waals surface area contributed by atoms with Crippen molar-refractivity contribution in [3.05, 3.63) is 34.9 Å². The lowest BCUT2D eigenvalue weighted by atomic mass is 9.70. The zero-order valence-electron chi connectivity index (χ0n) is 15.0. The van der Waals surface area contributed by atoms with Crippen LogP contribution in [0.15, 0.2) is 18.2 Å². The Morgan fingerprint density at radius 3 is 2.85 bits per heavy atom. The summed E-state index contributed by atoms with van der Waals surface area (Å²) in [6, 6.07) is 5.51. The molecule has 0 bridgehead atoms. The summed E-state index contributed by atoms with van der Waals surface area (Å²) in [5.74, 6) is 0.330. The molecule has 2 heterocycles. The van der Waals surface area contributed by atoms with E-state index in [1.807, 2.05) is 12.1 Å². The number of aryl methyl sites for hydroxylation is 1. The van der Waals surface area contributed by atoms with Gasteiger partial charge < -0.3 is 9.64 Å². The van der Waals surface area contributed by atoms with Crippen LogP contribution in [0.4, 0.5) is 0 Å². The summed E-state index contributed by atoms with van der Waals surface area (Å²) in [5.41, 5.74) is 4.09. The molecular weight excluding hydrogens is 332 g/mol. The van der Waals surface area contributed by atoms with Gasteiger partial charge in [0.1, 0.15) is 0 Å². The summed E-state index contributed by atoms with van der Waals surface area (Å²) in [7, 11) is 0. The van der Waals surface area contributed by atoms with E-state index in [1.54, 1.807) is 11.5 Å². The van der Waals surface area contributed by atoms with Crippen molar-refractivity contribution in [1.82, 2.24) is 10.4 Å². The largest absolute Gasteiger partial charge is 0.381 e. The van der Waals surface area contributed by atoms with Gasteiger partial charge in [0.2, 0.25) is 5.91 Å². The molecule has 0 unspecified atom stereocenters. The highest BCUT2D eigenvalue weighted by molar-refractivity contribution is 5.93. The summed E-state index contributed by atoms with van der Waals surface area (Å²) >= 11 is 0. The standard InChI is InChI=1S/C20H26N2O4/c23-18(21-25)16-2-1-15-3-6-20(12-17(15)11-16)7-8-22(19(20)24)13-14-4-9-26-10-5-14/h1-2,11,14,25H,3-10,12-13H2,(H,21,23)/t20-/m0/s1. The number of nitrogens with zero attached hydrogens (tertiary/aromatic N) is 1. The van der Waals surface area contributed by atoms with Crippen molar-refractivity contribution in [2.24, 2.45) is 11.3 Å². The minimum Gasteiger partial charge on any atom is -0.381 e. The number of ether oxygens (including phenoxy) is 1. The molecule has 6 heteroatoms. The number of nitrogens with one attached hydrogen (secondary N) is 1. The first-order valence-corrected chi connectivity index (χ1v) is 9.55. The Kier molecular flexibility index (Phi) is 4.71. The molecule has 2 aliphatic heterocycles. The maximum absolute atomic E-state index is 13.2. The SMILES string of the molecule is O=C(NO)c1ccc2c(c1)C[C@]1(CC2)CCN(CC2CCOCC2)C1=O. The summed E-state index contributed by atoms with van der Waals surface area (Å²) in [4.78, 5) is 27.0. The van der Waals surface area contributed by atoms with Gasteiger partial charge in [0.15, 0.2) is 0 Å². The highest BCUT2D eigenvalue weighted by Crippen LogP contribution is 2.44. The Morgan fingerprint density at radius 2 is 2.08 bits per heavy atom. The maximum atomic E-state index is 13.2. The third kappa shape index (κ3) is 3.12. The van der Waals surface area contributed by atoms with Gasteiger partial charge in [-0.15, -0.1) is 0 Å². The summed E-state index contributed by atoms with van der Waals surface area (Å²) < 4.78 is 5.43. The fourth-order valence-electron chi connectivity index (χ4n) is 4.77. The number of hydrogen-bond donors (Lipinski definition) is 2. The highest BCUT2D eigenvalue weighted by Gasteiger charge is 2.48. The number of fused-ring (bicyclic) bond motifs is 1. The van der Waals surface area contributed by atoms with Gasteiger partial charge in [-0.25, -0.2) is 5.48 Å². The van der Waals surface area contributed by atoms with E-state index >= 15 is 0 Å². The number of hydroxylamine groups is 1. The number of amides is 2. The molecule has 1 aliphatic carbocycles. The van der Waals surface area contributed by atoms with Gasteiger partial charge in [0.05, 0.1) is 5.41 Å². The van der Waals surface area contributed by atoms with E-state index < -0.39 is 5.91 Å². The minimum absolute atomic E-state index is 0.284. The van der Waals surface area contributed by atoms with E-state index in [4.69, 9.17) is 9.94 Å². The van der Waals surface area contributed by atoms with E-state index in [1.165, 1.54) is 5.56 Å². The van der Waals surface area contributed by atoms with Crippen molar-refractivity contribution in [3.8, 4) is 0 Å². The Balaban J connectivity index is 1.50. The molecule has 4 rings (SSSR count). The van der Waals surface area contributed by atoms with E-state index in [0.717, 1.165) is 64.0 Å². The molecule has 0 radical (unpaired) electrons. The van der Waals surface area contributed by atoms with E-state index in [0.29, 0.717) is 17.9 Å². The Hall–Kier alpha value is -1.92. The van der Waals surface area contributed by atoms with Crippen LogP contribution >= 0.6 is 0 Å². The topological polar surface area (TPSA) is 78.9 Å². The molecule has 6 nitrogen and oxygen atoms in total. The monoisotopic (exact) mass is 358 g/mol. The zero-order chi connectivity index (χ0) is 18.1. The number of carbonyl (C=O) groups excluding carboxylic acids is 2. The van der Waals surface area contributed by atoms with Crippen LogP contribution in [0.2, 0.25) is 0 Å². The molecule has 140 valence electrons. The first kappa shape index (κ1) is 17.5. The molecule has 1 spiro atoms. The Labute approximate surface area is 153 Å². The first-order chi connectivity index (χ1) is 12.6. The summed E-state index contributed by atoms with van der Waals surface area (Å²) in [6.07, 6.45) is 5.42. The number of benzene rings is 1. The van der Waals surface area contributed by atoms with Gasteiger partial charge >= 0.3 is 0 Å². The van der Waals surface area contributed by atoms with Crippen LogP contribution in [0, 0.1) is 11.3 Å². The van der Waals surface area contributed by atoms with Crippen molar-refractivity contribution in [1.29, 1.82) is 0 Å². The van der Waals surface area contributed by atoms with Crippen LogP contribution in [0.25, 0.3) is 0 Å². The lowest BCUT2D eigenvalue weighted by molar-refractivity contribution is -0.137. The molecule has 2 N–H and O–H groups in total. The highest BCUT2D eigenvalue weighted by atomic mass is 16.5. The molecule has 1 aromatic carbocycles. The lowest BCUT2D eigenvalue weighted by Crippen LogP contribution is -2.41. The molecule has 26 heavy (non-hydrogen) atoms. The molecule has 0 saturated carbocycles. The van der Waals surface area contributed by atoms with Gasteiger partial charge in [0.25, 0.3) is 5.91 Å². The fourth-order valence-corrected chi connectivity index (χ4v) is 4.77. The number of likely N-dealkylation sites (tertiary alicyclic amines) is 1. The lowest BCUT2D eigenvalue weighted by Gasteiger charge is -2.34. The van der Waals surface area contributed by atoms with Crippen molar-refractivity contribution in [2.45, 2.75) is 38.5 Å². The molecule has 2 saturated heterocycles. The fraction of sp³-hybridized carbons (Fsp3) is 0.600. The van der Waals surface area contributed by atoms with Crippen LogP contribution in [0.3, 0.4) is 0 Å². The van der Waals surface area contributed by atoms with E-state index in [9.17, 15) is 9.59 Å². The average Bonchev–Trinajstić information content (AvgIpc) is 2.97. The Morgan fingerprint density at radius 1 is 1.27 bits per heavy atom. The van der Waals surface area contributed by atoms with Crippen LogP contribution < -0.4 is 5.48 Å². The second-order valence-electron chi connectivity index (χ2n) is 7.94. The maximum Gasteiger partial charge on any atom is 0.274 e. The van der Waals surface area contributed by atoms with Crippen LogP contribution in [0.5, 0.6) is 0 Å². The second kappa shape index (κ2) is 7.00. The van der Waals surface area contributed by atoms with Crippen molar-refractivity contribution < 1.29 is 19.5 Å². The van der Waals surface area contributed by atoms with Crippen LogP contribution in [0.1, 0.15) is 47.2 Å². The molecule has 2 amide bonds. The van der Waals surface area contributed by atoms with Crippen molar-refractivity contribution >= 4 is 11.8 Å². The smallest absolute Gasteiger partial charge is 0.274 e. The number of rotatable bonds is 3. The van der Waals surface area contributed by atoms with Gasteiger partial charge in [-0.05, 0) is 67.7 Å². The van der Waals surface area contributed by atoms with Crippen LogP contribution in [-0.2, 0) is 22.4 Å². The van der Waals surface area contributed by atoms with E-state index in [2.05, 4.69) is 4.90 Å². The summed E-state index contributed by atoms with van der Waals surface area (Å²) in [5, 5.41) is 8.86.